The van der Waals surface area contributed by atoms with E-state index in [4.69, 9.17) is 28.5 Å². The second-order valence-electron chi connectivity index (χ2n) is 17.3. The monoisotopic (exact) mass is 805 g/mol. The largest absolute Gasteiger partial charge is 0.456 e. The third kappa shape index (κ3) is 11.5. The third-order valence-electron chi connectivity index (χ3n) is 13.0. The van der Waals surface area contributed by atoms with Crippen LogP contribution in [0, 0.1) is 29.6 Å². The Morgan fingerprint density at radius 3 is 2.30 bits per heavy atom. The summed E-state index contributed by atoms with van der Waals surface area (Å²) in [6.07, 6.45) is 8.30. The first kappa shape index (κ1) is 47.0. The summed E-state index contributed by atoms with van der Waals surface area (Å²) in [6, 6.07) is -1.02. The zero-order chi connectivity index (χ0) is 42.0. The van der Waals surface area contributed by atoms with Crippen LogP contribution in [-0.4, -0.2) is 122 Å². The fourth-order valence-electron chi connectivity index (χ4n) is 9.64. The molecule has 2 N–H and O–H groups in total. The minimum atomic E-state index is -2.45. The molecule has 3 fully saturated rings. The standard InChI is InChI=1S/C44H72N2O11/c1-11-32-21-26(2)20-27(3)22-37(53-8)40-38(54-9)24-30(6)44(51,57-40)41(48)42(49)46-19-13-12-14-34(46)43(50)56-39(28(4)15-17-33(32)45-55-10)29(5)23-31-16-18-35(47)36(25-31)52-7/h21,23,27-28,30-32,34-40,47,51H,11-20,22,24-25H2,1-10H3/b26-21+,29-23+,45-33?/t27-,28+,30+,31-,32+,34-,35+,36+,37-,38-,39-,40+,44+/m0/s1. The van der Waals surface area contributed by atoms with Gasteiger partial charge < -0.3 is 43.6 Å². The molecule has 4 rings (SSSR count). The highest BCUT2D eigenvalue weighted by Crippen LogP contribution is 2.39. The highest BCUT2D eigenvalue weighted by atomic mass is 16.7. The quantitative estimate of drug-likeness (QED) is 0.136. The highest BCUT2D eigenvalue weighted by Gasteiger charge is 2.56. The molecule has 3 heterocycles. The van der Waals surface area contributed by atoms with Crippen LogP contribution in [0.15, 0.2) is 28.5 Å². The molecule has 0 unspecified atom stereocenters. The number of esters is 1. The highest BCUT2D eigenvalue weighted by molar-refractivity contribution is 6.39. The number of cyclic esters (lactones) is 1. The summed E-state index contributed by atoms with van der Waals surface area (Å²) in [5, 5.41) is 27.0. The van der Waals surface area contributed by atoms with Gasteiger partial charge in [-0.2, -0.15) is 0 Å². The van der Waals surface area contributed by atoms with E-state index in [-0.39, 0.29) is 42.7 Å². The van der Waals surface area contributed by atoms with E-state index in [0.29, 0.717) is 51.4 Å². The van der Waals surface area contributed by atoms with Crippen LogP contribution in [0.4, 0.5) is 0 Å². The van der Waals surface area contributed by atoms with Crippen LogP contribution in [0.25, 0.3) is 0 Å². The lowest BCUT2D eigenvalue weighted by Gasteiger charge is -2.47. The second kappa shape index (κ2) is 21.5. The van der Waals surface area contributed by atoms with E-state index in [1.165, 1.54) is 10.5 Å². The number of hydrogen-bond acceptors (Lipinski definition) is 12. The van der Waals surface area contributed by atoms with Crippen molar-refractivity contribution in [2.75, 3.05) is 35.0 Å². The van der Waals surface area contributed by atoms with Crippen molar-refractivity contribution in [3.63, 3.8) is 0 Å². The van der Waals surface area contributed by atoms with Crippen molar-refractivity contribution in [1.29, 1.82) is 0 Å². The molecule has 1 saturated carbocycles. The number of aliphatic hydroxyl groups excluding tert-OH is 1. The van der Waals surface area contributed by atoms with Gasteiger partial charge in [0.25, 0.3) is 11.7 Å². The summed E-state index contributed by atoms with van der Waals surface area (Å²) in [6.45, 7) is 12.2. The van der Waals surface area contributed by atoms with Crippen molar-refractivity contribution >= 4 is 23.4 Å². The van der Waals surface area contributed by atoms with E-state index in [2.05, 4.69) is 45.0 Å². The first-order chi connectivity index (χ1) is 27.1. The Kier molecular flexibility index (Phi) is 17.8. The fourth-order valence-corrected chi connectivity index (χ4v) is 9.64. The van der Waals surface area contributed by atoms with Crippen LogP contribution < -0.4 is 0 Å². The summed E-state index contributed by atoms with van der Waals surface area (Å²) >= 11 is 0. The van der Waals surface area contributed by atoms with Crippen LogP contribution in [0.1, 0.15) is 119 Å². The summed E-state index contributed by atoms with van der Waals surface area (Å²) in [4.78, 5) is 49.5. The Labute approximate surface area is 340 Å². The number of ketones is 1. The topological polar surface area (TPSA) is 163 Å². The number of piperidine rings is 1. The molecule has 3 aliphatic heterocycles. The summed E-state index contributed by atoms with van der Waals surface area (Å²) in [7, 11) is 6.31. The van der Waals surface area contributed by atoms with Crippen molar-refractivity contribution in [2.45, 2.75) is 167 Å². The van der Waals surface area contributed by atoms with E-state index in [9.17, 15) is 24.6 Å². The lowest BCUT2D eigenvalue weighted by atomic mass is 9.82. The summed E-state index contributed by atoms with van der Waals surface area (Å²) < 4.78 is 30.2. The molecule has 324 valence electrons. The van der Waals surface area contributed by atoms with Crippen LogP contribution in [-0.2, 0) is 42.9 Å². The molecular formula is C44H72N2O11. The number of carbonyl (C=O) groups is 3. The van der Waals surface area contributed by atoms with Crippen molar-refractivity contribution in [3.8, 4) is 0 Å². The molecular weight excluding hydrogens is 732 g/mol. The van der Waals surface area contributed by atoms with E-state index < -0.39 is 65.9 Å². The molecule has 13 nitrogen and oxygen atoms in total. The smallest absolute Gasteiger partial charge is 0.329 e. The fraction of sp³-hybridized carbons (Fsp3) is 0.818. The number of ether oxygens (including phenoxy) is 5. The Balaban J connectivity index is 1.77. The zero-order valence-corrected chi connectivity index (χ0v) is 36.2. The van der Waals surface area contributed by atoms with Gasteiger partial charge in [-0.3, -0.25) is 9.59 Å². The number of oxime groups is 1. The average Bonchev–Trinajstić information content (AvgIpc) is 3.20. The van der Waals surface area contributed by atoms with Gasteiger partial charge in [0.2, 0.25) is 5.79 Å². The lowest BCUT2D eigenvalue weighted by molar-refractivity contribution is -0.302. The maximum atomic E-state index is 14.4. The molecule has 4 aliphatic rings. The minimum Gasteiger partial charge on any atom is -0.456 e. The number of amides is 1. The van der Waals surface area contributed by atoms with Gasteiger partial charge in [0, 0.05) is 39.7 Å². The van der Waals surface area contributed by atoms with Gasteiger partial charge in [-0.15, -0.1) is 0 Å². The predicted molar refractivity (Wildman–Crippen MR) is 216 cm³/mol. The number of methoxy groups -OCH3 is 3. The normalized spacial score (nSPS) is 40.4. The third-order valence-corrected chi connectivity index (χ3v) is 13.0. The van der Waals surface area contributed by atoms with Crippen LogP contribution >= 0.6 is 0 Å². The number of aliphatic hydroxyl groups is 2. The molecule has 13 atom stereocenters. The maximum Gasteiger partial charge on any atom is 0.329 e. The maximum absolute atomic E-state index is 14.4. The number of nitrogens with zero attached hydrogens (tertiary/aromatic N) is 2. The van der Waals surface area contributed by atoms with Crippen LogP contribution in [0.5, 0.6) is 0 Å². The predicted octanol–water partition coefficient (Wildman–Crippen LogP) is 5.94. The number of carbonyl (C=O) groups excluding carboxylic acids is 3. The number of allylic oxidation sites excluding steroid dienone is 3. The van der Waals surface area contributed by atoms with Gasteiger partial charge in [0.05, 0.1) is 30.1 Å². The zero-order valence-electron chi connectivity index (χ0n) is 36.2. The average molecular weight is 805 g/mol. The van der Waals surface area contributed by atoms with Crippen LogP contribution in [0.3, 0.4) is 0 Å². The van der Waals surface area contributed by atoms with Gasteiger partial charge >= 0.3 is 5.97 Å². The Bertz CT molecular complexity index is 1450. The van der Waals surface area contributed by atoms with Crippen molar-refractivity contribution < 1.29 is 53.1 Å². The Morgan fingerprint density at radius 2 is 1.65 bits per heavy atom. The first-order valence-electron chi connectivity index (χ1n) is 21.3. The Hall–Kier alpha value is -2.68. The van der Waals surface area contributed by atoms with Crippen LogP contribution in [0.2, 0.25) is 0 Å². The van der Waals surface area contributed by atoms with Gasteiger partial charge in [-0.05, 0) is 114 Å². The molecule has 2 saturated heterocycles. The van der Waals surface area contributed by atoms with Crippen molar-refractivity contribution in [1.82, 2.24) is 4.90 Å². The van der Waals surface area contributed by atoms with Gasteiger partial charge in [-0.25, -0.2) is 4.79 Å². The molecule has 0 aromatic rings. The molecule has 13 heteroatoms. The van der Waals surface area contributed by atoms with E-state index in [0.717, 1.165) is 30.5 Å². The number of fused-ring (bicyclic) bond motifs is 3. The molecule has 57 heavy (non-hydrogen) atoms. The summed E-state index contributed by atoms with van der Waals surface area (Å²) in [5.41, 5.74) is 2.97. The van der Waals surface area contributed by atoms with Gasteiger partial charge in [-0.1, -0.05) is 50.6 Å². The van der Waals surface area contributed by atoms with Crippen molar-refractivity contribution in [2.24, 2.45) is 34.7 Å². The van der Waals surface area contributed by atoms with E-state index in [1.54, 1.807) is 35.4 Å². The first-order valence-corrected chi connectivity index (χ1v) is 21.3. The van der Waals surface area contributed by atoms with Gasteiger partial charge in [0.1, 0.15) is 25.4 Å². The number of Topliss-reactive ketones (excluding diaryl/α,β-unsaturated/α-hetero) is 1. The van der Waals surface area contributed by atoms with E-state index >= 15 is 0 Å². The molecule has 0 aromatic heterocycles. The number of hydrogen-bond donors (Lipinski definition) is 2. The molecule has 0 aromatic carbocycles. The lowest BCUT2D eigenvalue weighted by Crippen LogP contribution is -2.64. The summed E-state index contributed by atoms with van der Waals surface area (Å²) in [5.74, 6) is -5.78. The SMILES string of the molecule is CC[C@@H]1/C=C(\C)C[C@H](C)C[C@H](OC)[C@H]2O[C@@](O)(C(=O)C(=O)N3CCCC[C@H]3C(=O)O[C@H](/C(C)=C/[C@@H]3CC[C@@H](O)[C@H](OC)C3)[C@H](C)CCC1=NOC)[C@H](C)C[C@@H]2OC. The van der Waals surface area contributed by atoms with E-state index in [1.807, 2.05) is 6.92 Å². The number of rotatable bonds is 7. The minimum absolute atomic E-state index is 0.0258. The molecule has 0 radical (unpaired) electrons. The van der Waals surface area contributed by atoms with Crippen molar-refractivity contribution in [3.05, 3.63) is 23.3 Å². The van der Waals surface area contributed by atoms with Gasteiger partial charge in [0.15, 0.2) is 0 Å². The molecule has 2 bridgehead atoms. The molecule has 1 amide bonds. The second-order valence-corrected chi connectivity index (χ2v) is 17.3. The molecule has 0 spiro atoms. The Morgan fingerprint density at radius 1 is 0.965 bits per heavy atom. The molecule has 1 aliphatic carbocycles.